The van der Waals surface area contributed by atoms with E-state index in [-0.39, 0.29) is 13.4 Å². The molecule has 4 heteroatoms. The van der Waals surface area contributed by atoms with Gasteiger partial charge in [-0.1, -0.05) is 116 Å². The largest absolute Gasteiger partial charge is 0.313 e. The van der Waals surface area contributed by atoms with Crippen LogP contribution in [0.3, 0.4) is 0 Å². The number of nitrogens with zero attached hydrogens (tertiary/aromatic N) is 2. The van der Waals surface area contributed by atoms with Crippen molar-refractivity contribution in [2.75, 3.05) is 4.90 Å². The molecule has 1 aromatic heterocycles. The molecule has 2 nitrogen and oxygen atoms in total. The zero-order chi connectivity index (χ0) is 46.4. The zero-order valence-corrected chi connectivity index (χ0v) is 41.4. The third-order valence-corrected chi connectivity index (χ3v) is 16.7. The van der Waals surface area contributed by atoms with Crippen LogP contribution in [0, 0.1) is 96.9 Å². The fourth-order valence-corrected chi connectivity index (χ4v) is 12.3. The van der Waals surface area contributed by atoms with Crippen molar-refractivity contribution in [1.29, 1.82) is 0 Å². The molecule has 0 unspecified atom stereocenters. The predicted octanol–water partition coefficient (Wildman–Crippen LogP) is 11.9. The first kappa shape index (κ1) is 42.1. The molecule has 324 valence electrons. The second-order valence-electron chi connectivity index (χ2n) is 20.3. The standard InChI is InChI=1S/C62H60B2N2/c1-33-15-23-56-50(27-33)51-28-34(2)16-24-57(51)65(56)49-21-19-47(20-22-49)48-31-54-62-55(32-48)64(61-45(13)41(9)38(6)42(10)46(61)14)53-30-36(4)18-26-59(53)66(62)58-25-17-35(3)29-52(58)63(54)60-43(11)39(7)37(5)40(8)44(60)12/h15-32H,1-14H3. The zero-order valence-electron chi connectivity index (χ0n) is 41.4. The van der Waals surface area contributed by atoms with Gasteiger partial charge < -0.3 is 9.47 Å². The van der Waals surface area contributed by atoms with Crippen LogP contribution in [0.2, 0.25) is 0 Å². The molecule has 0 spiro atoms. The predicted molar refractivity (Wildman–Crippen MR) is 289 cm³/mol. The minimum absolute atomic E-state index is 0.0444. The average Bonchev–Trinajstić information content (AvgIpc) is 3.62. The molecule has 0 amide bonds. The van der Waals surface area contributed by atoms with Crippen LogP contribution in [-0.2, 0) is 0 Å². The van der Waals surface area contributed by atoms with E-state index in [1.807, 2.05) is 0 Å². The van der Waals surface area contributed by atoms with Gasteiger partial charge in [0.05, 0.1) is 11.0 Å². The Morgan fingerprint density at radius 3 is 1.09 bits per heavy atom. The Morgan fingerprint density at radius 2 is 0.682 bits per heavy atom. The molecular formula is C62H60B2N2. The third kappa shape index (κ3) is 5.96. The molecule has 0 atom stereocenters. The number of benzene rings is 8. The Bertz CT molecular complexity index is 3320. The van der Waals surface area contributed by atoms with Gasteiger partial charge >= 0.3 is 0 Å². The van der Waals surface area contributed by atoms with Crippen LogP contribution in [0.1, 0.15) is 77.9 Å². The number of aryl methyl sites for hydroxylation is 4. The summed E-state index contributed by atoms with van der Waals surface area (Å²) in [6, 6.07) is 42.8. The fraction of sp³-hybridized carbons (Fsp3) is 0.226. The fourth-order valence-electron chi connectivity index (χ4n) is 12.3. The maximum atomic E-state index is 2.65. The maximum absolute atomic E-state index is 2.65. The van der Waals surface area contributed by atoms with Crippen molar-refractivity contribution in [3.05, 3.63) is 187 Å². The van der Waals surface area contributed by atoms with E-state index in [0.717, 1.165) is 0 Å². The van der Waals surface area contributed by atoms with Crippen LogP contribution < -0.4 is 37.7 Å². The van der Waals surface area contributed by atoms with Gasteiger partial charge in [-0.15, -0.1) is 0 Å². The van der Waals surface area contributed by atoms with E-state index in [9.17, 15) is 0 Å². The van der Waals surface area contributed by atoms with E-state index >= 15 is 0 Å². The number of hydrogen-bond donors (Lipinski definition) is 0. The molecular weight excluding hydrogens is 794 g/mol. The van der Waals surface area contributed by atoms with Crippen LogP contribution >= 0.6 is 0 Å². The van der Waals surface area contributed by atoms with E-state index < -0.39 is 0 Å². The highest BCUT2D eigenvalue weighted by Gasteiger charge is 2.45. The van der Waals surface area contributed by atoms with Crippen LogP contribution in [0.5, 0.6) is 0 Å². The van der Waals surface area contributed by atoms with Crippen molar-refractivity contribution < 1.29 is 0 Å². The Labute approximate surface area is 393 Å². The van der Waals surface area contributed by atoms with E-state index in [0.29, 0.717) is 0 Å². The summed E-state index contributed by atoms with van der Waals surface area (Å²) >= 11 is 0. The number of hydrogen-bond acceptors (Lipinski definition) is 1. The van der Waals surface area contributed by atoms with Crippen LogP contribution in [0.4, 0.5) is 17.1 Å². The van der Waals surface area contributed by atoms with E-state index in [1.54, 1.807) is 0 Å². The average molecular weight is 855 g/mol. The number of fused-ring (bicyclic) bond motifs is 7. The number of rotatable bonds is 4. The van der Waals surface area contributed by atoms with E-state index in [1.165, 1.54) is 166 Å². The molecule has 9 aromatic rings. The lowest BCUT2D eigenvalue weighted by atomic mass is 9.29. The van der Waals surface area contributed by atoms with Gasteiger partial charge in [0.15, 0.2) is 0 Å². The first-order valence-electron chi connectivity index (χ1n) is 24.0. The lowest BCUT2D eigenvalue weighted by molar-refractivity contribution is 1.18. The normalized spacial score (nSPS) is 12.9. The van der Waals surface area contributed by atoms with Crippen molar-refractivity contribution in [2.24, 2.45) is 0 Å². The lowest BCUT2D eigenvalue weighted by Crippen LogP contribution is -2.66. The number of aromatic nitrogens is 1. The molecule has 2 aliphatic rings. The minimum atomic E-state index is 0.0444. The first-order valence-corrected chi connectivity index (χ1v) is 24.0. The molecule has 3 heterocycles. The molecule has 0 radical (unpaired) electrons. The summed E-state index contributed by atoms with van der Waals surface area (Å²) in [4.78, 5) is 2.65. The molecule has 0 saturated carbocycles. The van der Waals surface area contributed by atoms with Crippen molar-refractivity contribution >= 4 is 85.1 Å². The molecule has 0 N–H and O–H groups in total. The van der Waals surface area contributed by atoms with Crippen LogP contribution in [0.25, 0.3) is 38.6 Å². The molecule has 8 aromatic carbocycles. The van der Waals surface area contributed by atoms with Gasteiger partial charge in [-0.25, -0.2) is 0 Å². The van der Waals surface area contributed by atoms with Gasteiger partial charge in [-0.05, 0) is 212 Å². The summed E-state index contributed by atoms with van der Waals surface area (Å²) in [5.41, 5.74) is 37.7. The Kier molecular flexibility index (Phi) is 9.58. The minimum Gasteiger partial charge on any atom is -0.313 e. The Hall–Kier alpha value is -6.51. The van der Waals surface area contributed by atoms with Crippen molar-refractivity contribution in [2.45, 2.75) is 96.9 Å². The Balaban J connectivity index is 1.24. The monoisotopic (exact) mass is 854 g/mol. The SMILES string of the molecule is Cc1ccc2c(c1)B(c1c(C)c(C)c(C)c(C)c1C)c1cc(-c3ccc(-n4c5ccc(C)cc5c5cc(C)ccc54)cc3)cc3c1N2c1ccc(C)cc1B3c1c(C)c(C)c(C)c(C)c1C. The quantitative estimate of drug-likeness (QED) is 0.160. The van der Waals surface area contributed by atoms with Gasteiger partial charge in [-0.3, -0.25) is 0 Å². The first-order chi connectivity index (χ1) is 31.5. The molecule has 0 saturated heterocycles. The van der Waals surface area contributed by atoms with Gasteiger partial charge in [0, 0.05) is 33.5 Å². The van der Waals surface area contributed by atoms with Crippen molar-refractivity contribution in [3.63, 3.8) is 0 Å². The summed E-state index contributed by atoms with van der Waals surface area (Å²) in [6.07, 6.45) is 0. The van der Waals surface area contributed by atoms with Crippen LogP contribution in [0.15, 0.2) is 109 Å². The summed E-state index contributed by atoms with van der Waals surface area (Å²) in [6.45, 7) is 32.5. The molecule has 11 rings (SSSR count). The molecule has 2 aliphatic heterocycles. The van der Waals surface area contributed by atoms with Gasteiger partial charge in [0.2, 0.25) is 13.4 Å². The van der Waals surface area contributed by atoms with Gasteiger partial charge in [0.25, 0.3) is 0 Å². The van der Waals surface area contributed by atoms with Crippen molar-refractivity contribution in [1.82, 2.24) is 4.57 Å². The van der Waals surface area contributed by atoms with Gasteiger partial charge in [-0.2, -0.15) is 0 Å². The lowest BCUT2D eigenvalue weighted by Gasteiger charge is -2.45. The molecule has 0 fully saturated rings. The number of anilines is 3. The summed E-state index contributed by atoms with van der Waals surface area (Å²) < 4.78 is 2.45. The van der Waals surface area contributed by atoms with Gasteiger partial charge in [0.1, 0.15) is 0 Å². The van der Waals surface area contributed by atoms with Crippen molar-refractivity contribution in [3.8, 4) is 16.8 Å². The third-order valence-electron chi connectivity index (χ3n) is 16.7. The second kappa shape index (κ2) is 15.0. The Morgan fingerprint density at radius 1 is 0.318 bits per heavy atom. The van der Waals surface area contributed by atoms with Crippen LogP contribution in [-0.4, -0.2) is 18.0 Å². The topological polar surface area (TPSA) is 8.17 Å². The molecule has 0 bridgehead atoms. The smallest absolute Gasteiger partial charge is 0.247 e. The highest BCUT2D eigenvalue weighted by molar-refractivity contribution is 7.02. The maximum Gasteiger partial charge on any atom is 0.247 e. The summed E-state index contributed by atoms with van der Waals surface area (Å²) in [5, 5.41) is 2.61. The molecule has 0 aliphatic carbocycles. The van der Waals surface area contributed by atoms with E-state index in [2.05, 4.69) is 216 Å². The highest BCUT2D eigenvalue weighted by Crippen LogP contribution is 2.41. The summed E-state index contributed by atoms with van der Waals surface area (Å²) in [5.74, 6) is 0. The summed E-state index contributed by atoms with van der Waals surface area (Å²) in [7, 11) is 0. The van der Waals surface area contributed by atoms with E-state index in [4.69, 9.17) is 0 Å². The second-order valence-corrected chi connectivity index (χ2v) is 20.3. The highest BCUT2D eigenvalue weighted by atomic mass is 15.2. The molecule has 66 heavy (non-hydrogen) atoms.